The first-order chi connectivity index (χ1) is 7.36. The van der Waals surface area contributed by atoms with E-state index in [-0.39, 0.29) is 6.29 Å². The Bertz CT molecular complexity index is 381. The number of hydrogen-bond donors (Lipinski definition) is 1. The van der Waals surface area contributed by atoms with Gasteiger partial charge in [-0.2, -0.15) is 0 Å². The first kappa shape index (κ1) is 9.12. The summed E-state index contributed by atoms with van der Waals surface area (Å²) in [5.41, 5.74) is 7.52. The molecule has 1 saturated heterocycles. The molecule has 0 amide bonds. The molecular formula is C11H14N2O2. The van der Waals surface area contributed by atoms with Crippen LogP contribution in [0.25, 0.3) is 0 Å². The van der Waals surface area contributed by atoms with Crippen LogP contribution in [0.3, 0.4) is 0 Å². The van der Waals surface area contributed by atoms with Crippen molar-refractivity contribution >= 4 is 0 Å². The van der Waals surface area contributed by atoms with E-state index in [1.54, 1.807) is 0 Å². The van der Waals surface area contributed by atoms with Gasteiger partial charge in [-0.3, -0.25) is 4.98 Å². The normalized spacial score (nSPS) is 28.1. The molecule has 2 aliphatic rings. The van der Waals surface area contributed by atoms with Gasteiger partial charge in [0.25, 0.3) is 0 Å². The lowest BCUT2D eigenvalue weighted by Crippen LogP contribution is -2.30. The van der Waals surface area contributed by atoms with Crippen LogP contribution in [0, 0.1) is 5.92 Å². The predicted octanol–water partition coefficient (Wildman–Crippen LogP) is 0.838. The highest BCUT2D eigenvalue weighted by molar-refractivity contribution is 5.32. The Hall–Kier alpha value is -1.13. The van der Waals surface area contributed by atoms with E-state index in [1.165, 1.54) is 0 Å². The van der Waals surface area contributed by atoms with Crippen LogP contribution in [0.5, 0.6) is 5.75 Å². The van der Waals surface area contributed by atoms with Gasteiger partial charge in [-0.15, -0.1) is 0 Å². The summed E-state index contributed by atoms with van der Waals surface area (Å²) in [6.45, 7) is 1.28. The van der Waals surface area contributed by atoms with E-state index in [0.29, 0.717) is 12.5 Å². The Morgan fingerprint density at radius 1 is 1.47 bits per heavy atom. The standard InChI is InChI=1S/C11H14N2O2/c12-6-8-1-2-10-9(13-8)5-7-3-4-14-11(7)15-10/h1-2,7,11H,3-6,12H2/t7-,11+/m0/s1. The zero-order valence-electron chi connectivity index (χ0n) is 8.48. The van der Waals surface area contributed by atoms with Gasteiger partial charge in [0, 0.05) is 18.9 Å². The Balaban J connectivity index is 1.93. The second kappa shape index (κ2) is 3.47. The molecule has 2 N–H and O–H groups in total. The molecule has 0 radical (unpaired) electrons. The van der Waals surface area contributed by atoms with Crippen LogP contribution < -0.4 is 10.5 Å². The lowest BCUT2D eigenvalue weighted by Gasteiger charge is -2.26. The highest BCUT2D eigenvalue weighted by Crippen LogP contribution is 2.35. The molecular weight excluding hydrogens is 192 g/mol. The summed E-state index contributed by atoms with van der Waals surface area (Å²) in [7, 11) is 0. The Morgan fingerprint density at radius 3 is 3.27 bits per heavy atom. The van der Waals surface area contributed by atoms with Gasteiger partial charge in [0.05, 0.1) is 18.0 Å². The van der Waals surface area contributed by atoms with Crippen molar-refractivity contribution in [1.82, 2.24) is 4.98 Å². The van der Waals surface area contributed by atoms with Crippen molar-refractivity contribution in [2.45, 2.75) is 25.7 Å². The molecule has 1 aromatic heterocycles. The van der Waals surface area contributed by atoms with E-state index >= 15 is 0 Å². The summed E-state index contributed by atoms with van der Waals surface area (Å²) in [5.74, 6) is 1.33. The van der Waals surface area contributed by atoms with Crippen LogP contribution in [0.4, 0.5) is 0 Å². The molecule has 0 unspecified atom stereocenters. The van der Waals surface area contributed by atoms with Crippen LogP contribution in [-0.2, 0) is 17.7 Å². The van der Waals surface area contributed by atoms with Crippen LogP contribution in [0.2, 0.25) is 0 Å². The summed E-state index contributed by atoms with van der Waals surface area (Å²) >= 11 is 0. The van der Waals surface area contributed by atoms with Gasteiger partial charge >= 0.3 is 0 Å². The van der Waals surface area contributed by atoms with Crippen molar-refractivity contribution in [1.29, 1.82) is 0 Å². The molecule has 3 rings (SSSR count). The monoisotopic (exact) mass is 206 g/mol. The van der Waals surface area contributed by atoms with Gasteiger partial charge in [0.1, 0.15) is 5.75 Å². The molecule has 0 aromatic carbocycles. The second-order valence-corrected chi connectivity index (χ2v) is 4.06. The minimum atomic E-state index is -0.0528. The zero-order chi connectivity index (χ0) is 10.3. The summed E-state index contributed by atoms with van der Waals surface area (Å²) in [6, 6.07) is 3.86. The predicted molar refractivity (Wildman–Crippen MR) is 54.3 cm³/mol. The summed E-state index contributed by atoms with van der Waals surface area (Å²) in [6.07, 6.45) is 1.97. The molecule has 1 fully saturated rings. The van der Waals surface area contributed by atoms with Crippen molar-refractivity contribution in [3.8, 4) is 5.75 Å². The highest BCUT2D eigenvalue weighted by Gasteiger charge is 2.35. The van der Waals surface area contributed by atoms with E-state index in [0.717, 1.165) is 36.6 Å². The van der Waals surface area contributed by atoms with E-state index in [1.807, 2.05) is 12.1 Å². The van der Waals surface area contributed by atoms with E-state index in [2.05, 4.69) is 4.98 Å². The van der Waals surface area contributed by atoms with Crippen LogP contribution in [0.15, 0.2) is 12.1 Å². The van der Waals surface area contributed by atoms with Gasteiger partial charge in [0.15, 0.2) is 0 Å². The molecule has 0 aliphatic carbocycles. The number of hydrogen-bond acceptors (Lipinski definition) is 4. The van der Waals surface area contributed by atoms with E-state index in [9.17, 15) is 0 Å². The summed E-state index contributed by atoms with van der Waals surface area (Å²) in [4.78, 5) is 4.49. The molecule has 4 heteroatoms. The molecule has 2 atom stereocenters. The van der Waals surface area contributed by atoms with Crippen LogP contribution >= 0.6 is 0 Å². The van der Waals surface area contributed by atoms with Gasteiger partial charge in [0.2, 0.25) is 6.29 Å². The number of rotatable bonds is 1. The third kappa shape index (κ3) is 1.50. The summed E-state index contributed by atoms with van der Waals surface area (Å²) in [5, 5.41) is 0. The number of ether oxygens (including phenoxy) is 2. The number of fused-ring (bicyclic) bond motifs is 2. The molecule has 0 bridgehead atoms. The third-order valence-electron chi connectivity index (χ3n) is 3.05. The number of nitrogens with two attached hydrogens (primary N) is 1. The smallest absolute Gasteiger partial charge is 0.203 e. The van der Waals surface area contributed by atoms with Crippen molar-refractivity contribution < 1.29 is 9.47 Å². The minimum absolute atomic E-state index is 0.0528. The average Bonchev–Trinajstić information content (AvgIpc) is 2.72. The van der Waals surface area contributed by atoms with Crippen molar-refractivity contribution in [2.24, 2.45) is 11.7 Å². The van der Waals surface area contributed by atoms with Gasteiger partial charge in [-0.05, 0) is 18.6 Å². The van der Waals surface area contributed by atoms with Crippen molar-refractivity contribution in [3.05, 3.63) is 23.5 Å². The molecule has 1 aromatic rings. The first-order valence-corrected chi connectivity index (χ1v) is 5.34. The third-order valence-corrected chi connectivity index (χ3v) is 3.05. The largest absolute Gasteiger partial charge is 0.463 e. The Labute approximate surface area is 88.4 Å². The number of nitrogens with zero attached hydrogens (tertiary/aromatic N) is 1. The molecule has 3 heterocycles. The van der Waals surface area contributed by atoms with Gasteiger partial charge in [-0.1, -0.05) is 0 Å². The Kier molecular flexibility index (Phi) is 2.11. The lowest BCUT2D eigenvalue weighted by molar-refractivity contribution is -0.0706. The quantitative estimate of drug-likeness (QED) is 0.739. The molecule has 80 valence electrons. The molecule has 4 nitrogen and oxygen atoms in total. The average molecular weight is 206 g/mol. The van der Waals surface area contributed by atoms with Crippen LogP contribution in [-0.4, -0.2) is 17.9 Å². The maximum atomic E-state index is 5.73. The fraction of sp³-hybridized carbons (Fsp3) is 0.545. The molecule has 0 saturated carbocycles. The van der Waals surface area contributed by atoms with E-state index < -0.39 is 0 Å². The first-order valence-electron chi connectivity index (χ1n) is 5.34. The lowest BCUT2D eigenvalue weighted by atomic mass is 9.98. The van der Waals surface area contributed by atoms with Gasteiger partial charge < -0.3 is 15.2 Å². The fourth-order valence-electron chi connectivity index (χ4n) is 2.21. The van der Waals surface area contributed by atoms with Crippen LogP contribution in [0.1, 0.15) is 17.8 Å². The SMILES string of the molecule is NCc1ccc2c(n1)C[C@@H]1CCO[C@@H]1O2. The zero-order valence-corrected chi connectivity index (χ0v) is 8.48. The van der Waals surface area contributed by atoms with E-state index in [4.69, 9.17) is 15.2 Å². The topological polar surface area (TPSA) is 57.4 Å². The fourth-order valence-corrected chi connectivity index (χ4v) is 2.21. The number of pyridine rings is 1. The summed E-state index contributed by atoms with van der Waals surface area (Å²) < 4.78 is 11.2. The number of aromatic nitrogens is 1. The highest BCUT2D eigenvalue weighted by atomic mass is 16.7. The van der Waals surface area contributed by atoms with Crippen molar-refractivity contribution in [3.63, 3.8) is 0 Å². The molecule has 0 spiro atoms. The maximum absolute atomic E-state index is 5.73. The second-order valence-electron chi connectivity index (χ2n) is 4.06. The van der Waals surface area contributed by atoms with Gasteiger partial charge in [-0.25, -0.2) is 0 Å². The molecule has 2 aliphatic heterocycles. The Morgan fingerprint density at radius 2 is 2.40 bits per heavy atom. The van der Waals surface area contributed by atoms with Crippen molar-refractivity contribution in [2.75, 3.05) is 6.61 Å². The molecule has 15 heavy (non-hydrogen) atoms. The minimum Gasteiger partial charge on any atom is -0.463 e. The maximum Gasteiger partial charge on any atom is 0.203 e.